The van der Waals surface area contributed by atoms with Crippen molar-refractivity contribution in [1.29, 1.82) is 0 Å². The Morgan fingerprint density at radius 2 is 2.00 bits per heavy atom. The molecule has 0 unspecified atom stereocenters. The molecule has 0 atom stereocenters. The molecule has 0 spiro atoms. The van der Waals surface area contributed by atoms with Crippen LogP contribution in [0.1, 0.15) is 59.6 Å². The van der Waals surface area contributed by atoms with Crippen molar-refractivity contribution in [3.8, 4) is 5.75 Å². The van der Waals surface area contributed by atoms with E-state index >= 15 is 0 Å². The van der Waals surface area contributed by atoms with Crippen molar-refractivity contribution >= 4 is 11.9 Å². The summed E-state index contributed by atoms with van der Waals surface area (Å²) >= 11 is 0. The van der Waals surface area contributed by atoms with Gasteiger partial charge in [-0.1, -0.05) is 26.0 Å². The van der Waals surface area contributed by atoms with Crippen LogP contribution in [0.15, 0.2) is 18.2 Å². The van der Waals surface area contributed by atoms with Crippen LogP contribution in [0.5, 0.6) is 5.75 Å². The predicted molar refractivity (Wildman–Crippen MR) is 98.8 cm³/mol. The summed E-state index contributed by atoms with van der Waals surface area (Å²) in [6, 6.07) is 6.13. The number of anilines is 1. The maximum absolute atomic E-state index is 12.4. The Balaban J connectivity index is 2.35. The Kier molecular flexibility index (Phi) is 5.96. The first-order chi connectivity index (χ1) is 11.8. The second-order valence-corrected chi connectivity index (χ2v) is 6.33. The number of nitrogens with two attached hydrogens (primary N) is 1. The molecular weight excluding hydrogens is 316 g/mol. The van der Waals surface area contributed by atoms with Crippen LogP contribution in [0, 0.1) is 13.8 Å². The molecule has 0 aliphatic rings. The van der Waals surface area contributed by atoms with Crippen molar-refractivity contribution in [1.82, 2.24) is 15.3 Å². The molecule has 25 heavy (non-hydrogen) atoms. The topological polar surface area (TPSA) is 90.1 Å². The highest BCUT2D eigenvalue weighted by Crippen LogP contribution is 2.28. The largest absolute Gasteiger partial charge is 0.487 e. The Labute approximate surface area is 148 Å². The van der Waals surface area contributed by atoms with Gasteiger partial charge in [0.15, 0.2) is 0 Å². The van der Waals surface area contributed by atoms with E-state index in [0.29, 0.717) is 29.4 Å². The lowest BCUT2D eigenvalue weighted by Gasteiger charge is -2.16. The molecule has 6 heteroatoms. The number of ether oxygens (including phenoxy) is 1. The Bertz CT molecular complexity index is 772. The highest BCUT2D eigenvalue weighted by Gasteiger charge is 2.19. The molecule has 1 heterocycles. The van der Waals surface area contributed by atoms with E-state index in [-0.39, 0.29) is 18.5 Å². The van der Waals surface area contributed by atoms with Gasteiger partial charge in [0.05, 0.1) is 17.0 Å². The van der Waals surface area contributed by atoms with Crippen LogP contribution >= 0.6 is 0 Å². The molecule has 0 saturated heterocycles. The Morgan fingerprint density at radius 1 is 1.28 bits per heavy atom. The summed E-state index contributed by atoms with van der Waals surface area (Å²) < 4.78 is 6.02. The molecule has 1 amide bonds. The normalized spacial score (nSPS) is 10.8. The number of carbonyl (C=O) groups excluding carboxylic acids is 1. The number of rotatable bonds is 6. The first-order valence-corrected chi connectivity index (χ1v) is 8.48. The van der Waals surface area contributed by atoms with E-state index in [0.717, 1.165) is 16.9 Å². The lowest BCUT2D eigenvalue weighted by molar-refractivity contribution is 0.0951. The van der Waals surface area contributed by atoms with E-state index in [2.05, 4.69) is 41.3 Å². The van der Waals surface area contributed by atoms with E-state index in [4.69, 9.17) is 10.5 Å². The standard InChI is InChI=1S/C19H26N4O2/c1-6-21-18(24)17-13(5)22-19(20)23-15(17)10-25-16-9-12(4)7-8-14(16)11(2)3/h7-9,11H,6,10H2,1-5H3,(H,21,24)(H2,20,22,23). The van der Waals surface area contributed by atoms with Gasteiger partial charge in [-0.05, 0) is 43.9 Å². The summed E-state index contributed by atoms with van der Waals surface area (Å²) in [7, 11) is 0. The number of aromatic nitrogens is 2. The predicted octanol–water partition coefficient (Wildman–Crippen LogP) is 3.13. The smallest absolute Gasteiger partial charge is 0.255 e. The van der Waals surface area contributed by atoms with Crippen LogP contribution in [-0.2, 0) is 6.61 Å². The molecule has 6 nitrogen and oxygen atoms in total. The first-order valence-electron chi connectivity index (χ1n) is 8.48. The van der Waals surface area contributed by atoms with Crippen LogP contribution in [0.4, 0.5) is 5.95 Å². The first kappa shape index (κ1) is 18.7. The molecule has 2 rings (SSSR count). The number of benzene rings is 1. The molecule has 0 aliphatic heterocycles. The molecule has 0 aliphatic carbocycles. The molecule has 0 saturated carbocycles. The minimum atomic E-state index is -0.216. The quantitative estimate of drug-likeness (QED) is 0.842. The molecule has 2 aromatic rings. The third-order valence-electron chi connectivity index (χ3n) is 3.90. The van der Waals surface area contributed by atoms with Gasteiger partial charge in [0.2, 0.25) is 5.95 Å². The van der Waals surface area contributed by atoms with Gasteiger partial charge in [-0.25, -0.2) is 9.97 Å². The molecule has 0 fully saturated rings. The summed E-state index contributed by atoms with van der Waals surface area (Å²) in [4.78, 5) is 20.7. The van der Waals surface area contributed by atoms with E-state index in [9.17, 15) is 4.79 Å². The summed E-state index contributed by atoms with van der Waals surface area (Å²) in [5, 5.41) is 2.78. The average molecular weight is 342 g/mol. The number of hydrogen-bond donors (Lipinski definition) is 2. The van der Waals surface area contributed by atoms with Crippen molar-refractivity contribution in [2.24, 2.45) is 0 Å². The van der Waals surface area contributed by atoms with E-state index in [1.807, 2.05) is 19.9 Å². The number of nitrogens with zero attached hydrogens (tertiary/aromatic N) is 2. The second kappa shape index (κ2) is 7.96. The van der Waals surface area contributed by atoms with Gasteiger partial charge >= 0.3 is 0 Å². The minimum Gasteiger partial charge on any atom is -0.487 e. The van der Waals surface area contributed by atoms with E-state index in [1.165, 1.54) is 0 Å². The lowest BCUT2D eigenvalue weighted by Crippen LogP contribution is -2.26. The highest BCUT2D eigenvalue weighted by atomic mass is 16.5. The van der Waals surface area contributed by atoms with Crippen LogP contribution in [0.25, 0.3) is 0 Å². The van der Waals surface area contributed by atoms with Crippen LogP contribution < -0.4 is 15.8 Å². The molecular formula is C19H26N4O2. The number of amides is 1. The van der Waals surface area contributed by atoms with Gasteiger partial charge in [-0.15, -0.1) is 0 Å². The highest BCUT2D eigenvalue weighted by molar-refractivity contribution is 5.96. The van der Waals surface area contributed by atoms with Crippen molar-refractivity contribution in [3.05, 3.63) is 46.3 Å². The number of nitrogens with one attached hydrogen (secondary N) is 1. The van der Waals surface area contributed by atoms with Gasteiger partial charge in [-0.3, -0.25) is 4.79 Å². The Morgan fingerprint density at radius 3 is 2.64 bits per heavy atom. The summed E-state index contributed by atoms with van der Waals surface area (Å²) in [5.41, 5.74) is 9.46. The fourth-order valence-corrected chi connectivity index (χ4v) is 2.69. The maximum Gasteiger partial charge on any atom is 0.255 e. The molecule has 3 N–H and O–H groups in total. The zero-order valence-electron chi connectivity index (χ0n) is 15.5. The van der Waals surface area contributed by atoms with Gasteiger partial charge in [0.25, 0.3) is 5.91 Å². The average Bonchev–Trinajstić information content (AvgIpc) is 2.52. The zero-order valence-corrected chi connectivity index (χ0v) is 15.5. The van der Waals surface area contributed by atoms with Crippen molar-refractivity contribution in [2.75, 3.05) is 12.3 Å². The van der Waals surface area contributed by atoms with E-state index in [1.54, 1.807) is 6.92 Å². The van der Waals surface area contributed by atoms with Gasteiger partial charge in [0, 0.05) is 6.54 Å². The van der Waals surface area contributed by atoms with Crippen molar-refractivity contribution in [3.63, 3.8) is 0 Å². The molecule has 1 aromatic heterocycles. The third kappa shape index (κ3) is 4.47. The van der Waals surface area contributed by atoms with Crippen LogP contribution in [0.3, 0.4) is 0 Å². The SMILES string of the molecule is CCNC(=O)c1c(C)nc(N)nc1COc1cc(C)ccc1C(C)C. The molecule has 0 radical (unpaired) electrons. The van der Waals surface area contributed by atoms with Crippen molar-refractivity contribution in [2.45, 2.75) is 47.1 Å². The minimum absolute atomic E-state index is 0.137. The van der Waals surface area contributed by atoms with Crippen LogP contribution in [0.2, 0.25) is 0 Å². The number of nitrogen functional groups attached to an aromatic ring is 1. The van der Waals surface area contributed by atoms with Crippen LogP contribution in [-0.4, -0.2) is 22.4 Å². The monoisotopic (exact) mass is 342 g/mol. The summed E-state index contributed by atoms with van der Waals surface area (Å²) in [6.07, 6.45) is 0. The number of hydrogen-bond acceptors (Lipinski definition) is 5. The third-order valence-corrected chi connectivity index (χ3v) is 3.90. The molecule has 0 bridgehead atoms. The maximum atomic E-state index is 12.4. The fourth-order valence-electron chi connectivity index (χ4n) is 2.69. The Hall–Kier alpha value is -2.63. The lowest BCUT2D eigenvalue weighted by atomic mass is 10.0. The van der Waals surface area contributed by atoms with Gasteiger partial charge in [0.1, 0.15) is 12.4 Å². The molecule has 134 valence electrons. The molecule has 1 aromatic carbocycles. The van der Waals surface area contributed by atoms with Gasteiger partial charge in [-0.2, -0.15) is 0 Å². The number of aryl methyl sites for hydroxylation is 2. The number of carbonyl (C=O) groups is 1. The van der Waals surface area contributed by atoms with E-state index < -0.39 is 0 Å². The summed E-state index contributed by atoms with van der Waals surface area (Å²) in [6.45, 7) is 10.5. The fraction of sp³-hybridized carbons (Fsp3) is 0.421. The van der Waals surface area contributed by atoms with Crippen molar-refractivity contribution < 1.29 is 9.53 Å². The summed E-state index contributed by atoms with van der Waals surface area (Å²) in [5.74, 6) is 1.05. The zero-order chi connectivity index (χ0) is 18.6. The second-order valence-electron chi connectivity index (χ2n) is 6.33. The van der Waals surface area contributed by atoms with Gasteiger partial charge < -0.3 is 15.8 Å².